The lowest BCUT2D eigenvalue weighted by Crippen LogP contribution is -2.33. The highest BCUT2D eigenvalue weighted by Gasteiger charge is 2.40. The zero-order valence-electron chi connectivity index (χ0n) is 20.1. The average molecular weight is 516 g/mol. The number of ketones is 1. The van der Waals surface area contributed by atoms with Crippen molar-refractivity contribution >= 4 is 11.7 Å². The van der Waals surface area contributed by atoms with Gasteiger partial charge in [0, 0.05) is 17.7 Å². The first-order valence-electron chi connectivity index (χ1n) is 11.3. The predicted octanol–water partition coefficient (Wildman–Crippen LogP) is 4.62. The SMILES string of the molecule is COc1cc([C@@H]2CC(=O)C3=C(C2)Nc2ncnn2[C@H]3c2ccc(OC(F)(F)F)cc2)cc(OC)c1OC. The van der Waals surface area contributed by atoms with Gasteiger partial charge in [-0.2, -0.15) is 10.1 Å². The lowest BCUT2D eigenvalue weighted by atomic mass is 9.77. The van der Waals surface area contributed by atoms with Crippen LogP contribution in [0.25, 0.3) is 0 Å². The zero-order chi connectivity index (χ0) is 26.3. The number of benzene rings is 2. The van der Waals surface area contributed by atoms with Crippen LogP contribution in [0.2, 0.25) is 0 Å². The quantitative estimate of drug-likeness (QED) is 0.507. The number of hydrogen-bond acceptors (Lipinski definition) is 8. The molecule has 0 saturated carbocycles. The molecule has 2 atom stereocenters. The van der Waals surface area contributed by atoms with Crippen molar-refractivity contribution in [1.29, 1.82) is 0 Å². The second kappa shape index (κ2) is 9.34. The number of carbonyl (C=O) groups is 1. The maximum absolute atomic E-state index is 13.6. The van der Waals surface area contributed by atoms with Crippen molar-refractivity contribution in [3.8, 4) is 23.0 Å². The van der Waals surface area contributed by atoms with Gasteiger partial charge in [0.2, 0.25) is 11.7 Å². The minimum atomic E-state index is -4.80. The van der Waals surface area contributed by atoms with Gasteiger partial charge >= 0.3 is 6.36 Å². The third kappa shape index (κ3) is 4.54. The van der Waals surface area contributed by atoms with Crippen molar-refractivity contribution in [3.05, 3.63) is 65.1 Å². The number of Topliss-reactive ketones (excluding diaryl/α,β-unsaturated/α-hetero) is 1. The molecule has 0 spiro atoms. The van der Waals surface area contributed by atoms with E-state index in [-0.39, 0.29) is 23.9 Å². The normalized spacial score (nSPS) is 19.0. The Labute approximate surface area is 209 Å². The third-order valence-corrected chi connectivity index (χ3v) is 6.45. The molecular formula is C25H23F3N4O5. The number of carbonyl (C=O) groups excluding carboxylic acids is 1. The van der Waals surface area contributed by atoms with Crippen LogP contribution in [-0.4, -0.2) is 48.2 Å². The largest absolute Gasteiger partial charge is 0.573 e. The van der Waals surface area contributed by atoms with Gasteiger partial charge in [0.1, 0.15) is 18.1 Å². The molecule has 2 aromatic carbocycles. The number of ether oxygens (including phenoxy) is 4. The Hall–Kier alpha value is -4.22. The zero-order valence-corrected chi connectivity index (χ0v) is 20.1. The first kappa shape index (κ1) is 24.5. The monoisotopic (exact) mass is 516 g/mol. The number of allylic oxidation sites excluding steroid dienone is 2. The summed E-state index contributed by atoms with van der Waals surface area (Å²) in [5.41, 5.74) is 2.59. The Morgan fingerprint density at radius 3 is 2.24 bits per heavy atom. The van der Waals surface area contributed by atoms with Gasteiger partial charge in [0.15, 0.2) is 17.3 Å². The highest BCUT2D eigenvalue weighted by molar-refractivity contribution is 6.00. The summed E-state index contributed by atoms with van der Waals surface area (Å²) in [6, 6.07) is 8.42. The van der Waals surface area contributed by atoms with Crippen molar-refractivity contribution in [2.24, 2.45) is 0 Å². The molecule has 0 fully saturated rings. The summed E-state index contributed by atoms with van der Waals surface area (Å²) in [5, 5.41) is 7.48. The molecule has 0 bridgehead atoms. The summed E-state index contributed by atoms with van der Waals surface area (Å²) in [7, 11) is 4.57. The van der Waals surface area contributed by atoms with Gasteiger partial charge in [0.05, 0.1) is 21.3 Å². The number of halogens is 3. The van der Waals surface area contributed by atoms with Crippen molar-refractivity contribution in [3.63, 3.8) is 0 Å². The molecule has 194 valence electrons. The molecule has 37 heavy (non-hydrogen) atoms. The molecular weight excluding hydrogens is 493 g/mol. The van der Waals surface area contributed by atoms with E-state index in [0.717, 1.165) is 5.56 Å². The number of nitrogens with zero attached hydrogens (tertiary/aromatic N) is 3. The predicted molar refractivity (Wildman–Crippen MR) is 125 cm³/mol. The van der Waals surface area contributed by atoms with Crippen molar-refractivity contribution < 1.29 is 36.9 Å². The number of rotatable bonds is 6. The molecule has 5 rings (SSSR count). The van der Waals surface area contributed by atoms with Crippen LogP contribution >= 0.6 is 0 Å². The number of nitrogens with one attached hydrogen (secondary N) is 1. The summed E-state index contributed by atoms with van der Waals surface area (Å²) in [4.78, 5) is 17.8. The summed E-state index contributed by atoms with van der Waals surface area (Å²) >= 11 is 0. The van der Waals surface area contributed by atoms with E-state index < -0.39 is 12.4 Å². The number of hydrogen-bond donors (Lipinski definition) is 1. The van der Waals surface area contributed by atoms with Gasteiger partial charge in [-0.1, -0.05) is 12.1 Å². The Morgan fingerprint density at radius 1 is 0.973 bits per heavy atom. The second-order valence-corrected chi connectivity index (χ2v) is 8.55. The molecule has 12 heteroatoms. The van der Waals surface area contributed by atoms with Crippen molar-refractivity contribution in [2.45, 2.75) is 31.2 Å². The van der Waals surface area contributed by atoms with Gasteiger partial charge < -0.3 is 24.3 Å². The van der Waals surface area contributed by atoms with Crippen LogP contribution in [0.3, 0.4) is 0 Å². The molecule has 0 amide bonds. The van der Waals surface area contributed by atoms with Crippen LogP contribution in [0, 0.1) is 0 Å². The minimum absolute atomic E-state index is 0.116. The van der Waals surface area contributed by atoms with E-state index in [4.69, 9.17) is 14.2 Å². The van der Waals surface area contributed by atoms with E-state index in [1.807, 2.05) is 12.1 Å². The Balaban J connectivity index is 1.52. The van der Waals surface area contributed by atoms with Crippen LogP contribution < -0.4 is 24.3 Å². The van der Waals surface area contributed by atoms with Gasteiger partial charge in [0.25, 0.3) is 0 Å². The molecule has 1 aliphatic carbocycles. The smallest absolute Gasteiger partial charge is 0.493 e. The highest BCUT2D eigenvalue weighted by atomic mass is 19.4. The molecule has 0 unspecified atom stereocenters. The molecule has 9 nitrogen and oxygen atoms in total. The Bertz CT molecular complexity index is 1340. The fraction of sp³-hybridized carbons (Fsp3) is 0.320. The van der Waals surface area contributed by atoms with Gasteiger partial charge in [-0.3, -0.25) is 4.79 Å². The van der Waals surface area contributed by atoms with Gasteiger partial charge in [-0.25, -0.2) is 4.68 Å². The molecule has 0 saturated heterocycles. The second-order valence-electron chi connectivity index (χ2n) is 8.55. The van der Waals surface area contributed by atoms with Gasteiger partial charge in [-0.05, 0) is 47.7 Å². The Kier molecular flexibility index (Phi) is 6.18. The Morgan fingerprint density at radius 2 is 1.65 bits per heavy atom. The third-order valence-electron chi connectivity index (χ3n) is 6.45. The summed E-state index contributed by atoms with van der Waals surface area (Å²) < 4.78 is 59.7. The number of alkyl halides is 3. The number of aromatic nitrogens is 3. The van der Waals surface area contributed by atoms with E-state index in [9.17, 15) is 18.0 Å². The van der Waals surface area contributed by atoms with E-state index >= 15 is 0 Å². The van der Waals surface area contributed by atoms with Crippen LogP contribution in [0.4, 0.5) is 19.1 Å². The van der Waals surface area contributed by atoms with Crippen molar-refractivity contribution in [1.82, 2.24) is 14.8 Å². The maximum Gasteiger partial charge on any atom is 0.573 e. The van der Waals surface area contributed by atoms with Crippen LogP contribution in [0.15, 0.2) is 54.0 Å². The lowest BCUT2D eigenvalue weighted by molar-refractivity contribution is -0.274. The molecule has 2 aliphatic rings. The minimum Gasteiger partial charge on any atom is -0.493 e. The van der Waals surface area contributed by atoms with Crippen LogP contribution in [0.1, 0.15) is 35.9 Å². The van der Waals surface area contributed by atoms with E-state index in [1.54, 1.807) is 4.68 Å². The first-order chi connectivity index (χ1) is 17.7. The van der Waals surface area contributed by atoms with Gasteiger partial charge in [-0.15, -0.1) is 13.2 Å². The maximum atomic E-state index is 13.6. The van der Waals surface area contributed by atoms with E-state index in [2.05, 4.69) is 20.1 Å². The van der Waals surface area contributed by atoms with E-state index in [1.165, 1.54) is 51.9 Å². The standard InChI is InChI=1S/C25H23F3N4O5/c1-34-19-10-15(11-20(35-2)23(19)36-3)14-8-17-21(18(33)9-14)22(32-24(31-17)29-12-30-32)13-4-6-16(7-5-13)37-25(26,27)28/h4-7,10-12,14,22H,8-9H2,1-3H3,(H,29,30,31)/t14-,22-/m0/s1. The van der Waals surface area contributed by atoms with Crippen LogP contribution in [0.5, 0.6) is 23.0 Å². The molecule has 3 aromatic rings. The summed E-state index contributed by atoms with van der Waals surface area (Å²) in [6.45, 7) is 0. The molecule has 0 radical (unpaired) electrons. The van der Waals surface area contributed by atoms with Crippen molar-refractivity contribution in [2.75, 3.05) is 26.6 Å². The number of anilines is 1. The molecule has 1 aromatic heterocycles. The lowest BCUT2D eigenvalue weighted by Gasteiger charge is -2.35. The topological polar surface area (TPSA) is 96.7 Å². The number of fused-ring (bicyclic) bond motifs is 1. The molecule has 1 aliphatic heterocycles. The molecule has 1 N–H and O–H groups in total. The number of methoxy groups -OCH3 is 3. The van der Waals surface area contributed by atoms with Crippen LogP contribution in [-0.2, 0) is 4.79 Å². The fourth-order valence-corrected chi connectivity index (χ4v) is 4.88. The summed E-state index contributed by atoms with van der Waals surface area (Å²) in [5.74, 6) is 1.20. The average Bonchev–Trinajstić information content (AvgIpc) is 3.34. The molecule has 2 heterocycles. The van der Waals surface area contributed by atoms with E-state index in [0.29, 0.717) is 46.5 Å². The first-order valence-corrected chi connectivity index (χ1v) is 11.3. The summed E-state index contributed by atoms with van der Waals surface area (Å²) in [6.07, 6.45) is -2.75. The highest BCUT2D eigenvalue weighted by Crippen LogP contribution is 2.47. The fourth-order valence-electron chi connectivity index (χ4n) is 4.88.